The van der Waals surface area contributed by atoms with Gasteiger partial charge < -0.3 is 10.6 Å². The molecule has 0 bridgehead atoms. The van der Waals surface area contributed by atoms with Gasteiger partial charge >= 0.3 is 0 Å². The fourth-order valence-electron chi connectivity index (χ4n) is 2.46. The molecular weight excluding hydrogens is 316 g/mol. The Morgan fingerprint density at radius 2 is 1.92 bits per heavy atom. The van der Waals surface area contributed by atoms with Crippen molar-refractivity contribution in [3.63, 3.8) is 0 Å². The number of carbonyl (C=O) groups excluding carboxylic acids is 1. The Kier molecular flexibility index (Phi) is 5.56. The third kappa shape index (κ3) is 4.32. The largest absolute Gasteiger partial charge is 0.369 e. The van der Waals surface area contributed by atoms with Crippen LogP contribution in [-0.2, 0) is 6.42 Å². The maximum atomic E-state index is 12.1. The van der Waals surface area contributed by atoms with Crippen LogP contribution in [0.4, 0.5) is 5.82 Å². The Balaban J connectivity index is 1.61. The fourth-order valence-corrected chi connectivity index (χ4v) is 2.46. The molecule has 0 atom stereocenters. The summed E-state index contributed by atoms with van der Waals surface area (Å²) in [5.74, 6) is 1.43. The van der Waals surface area contributed by atoms with Crippen molar-refractivity contribution in [2.45, 2.75) is 26.2 Å². The number of unbranched alkanes of at least 4 members (excludes halogenated alkanes) is 1. The van der Waals surface area contributed by atoms with Gasteiger partial charge in [-0.1, -0.05) is 31.5 Å². The van der Waals surface area contributed by atoms with Gasteiger partial charge in [-0.15, -0.1) is 15.3 Å². The molecule has 3 rings (SSSR count). The molecule has 0 aliphatic rings. The lowest BCUT2D eigenvalue weighted by Gasteiger charge is -2.06. The third-order valence-electron chi connectivity index (χ3n) is 3.83. The highest BCUT2D eigenvalue weighted by Crippen LogP contribution is 2.08. The average molecular weight is 338 g/mol. The van der Waals surface area contributed by atoms with Gasteiger partial charge in [0.1, 0.15) is 5.82 Å². The van der Waals surface area contributed by atoms with Gasteiger partial charge in [-0.25, -0.2) is 0 Å². The molecule has 130 valence electrons. The van der Waals surface area contributed by atoms with E-state index in [9.17, 15) is 4.79 Å². The highest BCUT2D eigenvalue weighted by Gasteiger charge is 2.09. The Morgan fingerprint density at radius 3 is 2.72 bits per heavy atom. The van der Waals surface area contributed by atoms with Gasteiger partial charge in [0.05, 0.1) is 0 Å². The van der Waals surface area contributed by atoms with Crippen LogP contribution in [0.5, 0.6) is 0 Å². The first-order valence-electron chi connectivity index (χ1n) is 8.56. The summed E-state index contributed by atoms with van der Waals surface area (Å²) < 4.78 is 1.73. The molecule has 1 amide bonds. The zero-order valence-electron chi connectivity index (χ0n) is 14.3. The van der Waals surface area contributed by atoms with E-state index in [1.54, 1.807) is 16.6 Å². The topological polar surface area (TPSA) is 84.2 Å². The van der Waals surface area contributed by atoms with E-state index in [1.807, 2.05) is 30.3 Å². The summed E-state index contributed by atoms with van der Waals surface area (Å²) >= 11 is 0. The number of hydrogen-bond donors (Lipinski definition) is 2. The highest BCUT2D eigenvalue weighted by atomic mass is 16.1. The number of rotatable bonds is 8. The standard InChI is InChI=1S/C18H22N6O/c1-2-3-12-19-15-9-10-16-21-22-17(24(16)23-15)11-13-20-18(25)14-7-5-4-6-8-14/h4-10H,2-3,11-13H2,1H3,(H,19,23)(H,20,25). The maximum absolute atomic E-state index is 12.1. The van der Waals surface area contributed by atoms with Crippen LogP contribution in [0.2, 0.25) is 0 Å². The third-order valence-corrected chi connectivity index (χ3v) is 3.83. The highest BCUT2D eigenvalue weighted by molar-refractivity contribution is 5.94. The Bertz CT molecular complexity index is 830. The van der Waals surface area contributed by atoms with Crippen molar-refractivity contribution in [1.82, 2.24) is 25.1 Å². The predicted octanol–water partition coefficient (Wildman–Crippen LogP) is 2.31. The molecule has 25 heavy (non-hydrogen) atoms. The van der Waals surface area contributed by atoms with E-state index in [2.05, 4.69) is 32.9 Å². The molecule has 0 aliphatic heterocycles. The van der Waals surface area contributed by atoms with Crippen molar-refractivity contribution in [2.75, 3.05) is 18.4 Å². The number of nitrogens with zero attached hydrogens (tertiary/aromatic N) is 4. The summed E-state index contributed by atoms with van der Waals surface area (Å²) in [6.07, 6.45) is 2.79. The normalized spacial score (nSPS) is 10.8. The van der Waals surface area contributed by atoms with E-state index >= 15 is 0 Å². The monoisotopic (exact) mass is 338 g/mol. The average Bonchev–Trinajstić information content (AvgIpc) is 3.05. The van der Waals surface area contributed by atoms with Crippen molar-refractivity contribution in [1.29, 1.82) is 0 Å². The second kappa shape index (κ2) is 8.23. The van der Waals surface area contributed by atoms with Gasteiger partial charge in [0.2, 0.25) is 0 Å². The molecule has 0 spiro atoms. The number of fused-ring (bicyclic) bond motifs is 1. The molecule has 0 fully saturated rings. The Labute approximate surface area is 146 Å². The molecule has 0 saturated carbocycles. The first-order valence-corrected chi connectivity index (χ1v) is 8.56. The predicted molar refractivity (Wildman–Crippen MR) is 96.7 cm³/mol. The van der Waals surface area contributed by atoms with Crippen molar-refractivity contribution < 1.29 is 4.79 Å². The number of anilines is 1. The zero-order chi connectivity index (χ0) is 17.5. The minimum Gasteiger partial charge on any atom is -0.369 e. The molecule has 2 N–H and O–H groups in total. The van der Waals surface area contributed by atoms with Crippen molar-refractivity contribution >= 4 is 17.4 Å². The summed E-state index contributed by atoms with van der Waals surface area (Å²) in [7, 11) is 0. The fraction of sp³-hybridized carbons (Fsp3) is 0.333. The lowest BCUT2D eigenvalue weighted by atomic mass is 10.2. The molecule has 3 aromatic rings. The number of carbonyl (C=O) groups is 1. The van der Waals surface area contributed by atoms with Crippen LogP contribution in [0, 0.1) is 0 Å². The van der Waals surface area contributed by atoms with E-state index in [1.165, 1.54) is 0 Å². The lowest BCUT2D eigenvalue weighted by Crippen LogP contribution is -2.26. The van der Waals surface area contributed by atoms with E-state index < -0.39 is 0 Å². The second-order valence-corrected chi connectivity index (χ2v) is 5.76. The van der Waals surface area contributed by atoms with Gasteiger partial charge in [0, 0.05) is 25.1 Å². The Morgan fingerprint density at radius 1 is 1.08 bits per heavy atom. The van der Waals surface area contributed by atoms with Crippen molar-refractivity contribution in [3.05, 3.63) is 53.9 Å². The van der Waals surface area contributed by atoms with Gasteiger partial charge in [-0.2, -0.15) is 4.52 Å². The quantitative estimate of drug-likeness (QED) is 0.616. The molecule has 1 aromatic carbocycles. The van der Waals surface area contributed by atoms with Crippen LogP contribution in [0.3, 0.4) is 0 Å². The second-order valence-electron chi connectivity index (χ2n) is 5.76. The van der Waals surface area contributed by atoms with Gasteiger partial charge in [0.15, 0.2) is 11.5 Å². The van der Waals surface area contributed by atoms with Gasteiger partial charge in [-0.3, -0.25) is 4.79 Å². The number of benzene rings is 1. The number of nitrogens with one attached hydrogen (secondary N) is 2. The molecule has 7 heteroatoms. The molecule has 0 unspecified atom stereocenters. The smallest absolute Gasteiger partial charge is 0.251 e. The van der Waals surface area contributed by atoms with E-state index in [-0.39, 0.29) is 5.91 Å². The SMILES string of the molecule is CCCCNc1ccc2nnc(CCNC(=O)c3ccccc3)n2n1. The van der Waals surface area contributed by atoms with Crippen LogP contribution >= 0.6 is 0 Å². The van der Waals surface area contributed by atoms with E-state index in [0.29, 0.717) is 24.2 Å². The van der Waals surface area contributed by atoms with E-state index in [4.69, 9.17) is 0 Å². The molecule has 0 radical (unpaired) electrons. The first-order chi connectivity index (χ1) is 12.3. The Hall–Kier alpha value is -2.96. The molecule has 0 saturated heterocycles. The van der Waals surface area contributed by atoms with E-state index in [0.717, 1.165) is 31.0 Å². The number of amides is 1. The minimum atomic E-state index is -0.0932. The summed E-state index contributed by atoms with van der Waals surface area (Å²) in [4.78, 5) is 12.1. The molecule has 2 heterocycles. The van der Waals surface area contributed by atoms with Crippen molar-refractivity contribution in [3.8, 4) is 0 Å². The van der Waals surface area contributed by atoms with Crippen LogP contribution in [0.1, 0.15) is 35.9 Å². The molecular formula is C18H22N6O. The van der Waals surface area contributed by atoms with Gasteiger partial charge in [0.25, 0.3) is 5.91 Å². The van der Waals surface area contributed by atoms with Crippen molar-refractivity contribution in [2.24, 2.45) is 0 Å². The van der Waals surface area contributed by atoms with Crippen LogP contribution in [-0.4, -0.2) is 38.8 Å². The van der Waals surface area contributed by atoms with Crippen LogP contribution in [0.25, 0.3) is 5.65 Å². The zero-order valence-corrected chi connectivity index (χ0v) is 14.3. The lowest BCUT2D eigenvalue weighted by molar-refractivity contribution is 0.0954. The first kappa shape index (κ1) is 16.9. The minimum absolute atomic E-state index is 0.0932. The maximum Gasteiger partial charge on any atom is 0.251 e. The van der Waals surface area contributed by atoms with Crippen LogP contribution in [0.15, 0.2) is 42.5 Å². The van der Waals surface area contributed by atoms with Crippen LogP contribution < -0.4 is 10.6 Å². The summed E-state index contributed by atoms with van der Waals surface area (Å²) in [5, 5.41) is 19.0. The summed E-state index contributed by atoms with van der Waals surface area (Å²) in [5.41, 5.74) is 1.35. The number of hydrogen-bond acceptors (Lipinski definition) is 5. The summed E-state index contributed by atoms with van der Waals surface area (Å²) in [6, 6.07) is 12.9. The molecule has 7 nitrogen and oxygen atoms in total. The number of aromatic nitrogens is 4. The van der Waals surface area contributed by atoms with Gasteiger partial charge in [-0.05, 0) is 30.7 Å². The molecule has 0 aliphatic carbocycles. The molecule has 2 aromatic heterocycles. The summed E-state index contributed by atoms with van der Waals surface area (Å²) in [6.45, 7) is 3.52.